The molecular formula is C11H12ClN5O5S2. The number of aryl methyl sites for hydroxylation is 1. The lowest BCUT2D eigenvalue weighted by atomic mass is 10.3. The highest BCUT2D eigenvalue weighted by Crippen LogP contribution is 2.27. The van der Waals surface area contributed by atoms with Gasteiger partial charge in [-0.2, -0.15) is 18.4 Å². The van der Waals surface area contributed by atoms with Gasteiger partial charge in [0.05, 0.1) is 17.6 Å². The summed E-state index contributed by atoms with van der Waals surface area (Å²) < 4.78 is 57.0. The van der Waals surface area contributed by atoms with E-state index in [0.717, 1.165) is 18.4 Å². The molecule has 3 N–H and O–H groups in total. The maximum Gasteiger partial charge on any atom is 0.296 e. The Hall–Kier alpha value is -2.02. The smallest absolute Gasteiger partial charge is 0.296 e. The Morgan fingerprint density at radius 3 is 2.33 bits per heavy atom. The Morgan fingerprint density at radius 1 is 1.12 bits per heavy atom. The molecule has 0 saturated carbocycles. The second-order valence-electron chi connectivity index (χ2n) is 4.66. The summed E-state index contributed by atoms with van der Waals surface area (Å²) in [5.74, 6) is 0.199. The third-order valence-electron chi connectivity index (χ3n) is 2.53. The molecule has 0 bridgehead atoms. The van der Waals surface area contributed by atoms with E-state index in [1.807, 2.05) is 0 Å². The molecule has 0 fully saturated rings. The van der Waals surface area contributed by atoms with Crippen molar-refractivity contribution in [3.63, 3.8) is 0 Å². The maximum absolute atomic E-state index is 11.5. The van der Waals surface area contributed by atoms with Crippen LogP contribution in [0.25, 0.3) is 0 Å². The van der Waals surface area contributed by atoms with Crippen LogP contribution in [0.2, 0.25) is 5.28 Å². The van der Waals surface area contributed by atoms with E-state index in [1.54, 1.807) is 6.92 Å². The Bertz CT molecular complexity index is 974. The third kappa shape index (κ3) is 4.99. The lowest BCUT2D eigenvalue weighted by Crippen LogP contribution is -2.11. The van der Waals surface area contributed by atoms with E-state index >= 15 is 0 Å². The van der Waals surface area contributed by atoms with Crippen LogP contribution in [0.3, 0.4) is 0 Å². The standard InChI is InChI=1S/C11H12ClN5O5S2/c1-6-13-10(12)16-11(14-6)15-8-5-7(17-23(2,18)19)3-4-9(8)24(20,21)22/h3-5,17H,1-2H3,(H,20,21,22)(H,13,14,15,16). The molecule has 0 unspecified atom stereocenters. The number of benzene rings is 1. The molecule has 2 aromatic rings. The van der Waals surface area contributed by atoms with Crippen molar-refractivity contribution in [1.29, 1.82) is 0 Å². The largest absolute Gasteiger partial charge is 0.323 e. The molecule has 0 atom stereocenters. The van der Waals surface area contributed by atoms with Crippen molar-refractivity contribution in [3.05, 3.63) is 29.3 Å². The van der Waals surface area contributed by atoms with Crippen molar-refractivity contribution in [2.75, 3.05) is 16.3 Å². The molecule has 0 aliphatic rings. The maximum atomic E-state index is 11.5. The minimum absolute atomic E-state index is 0.0734. The van der Waals surface area contributed by atoms with E-state index in [4.69, 9.17) is 11.6 Å². The number of halogens is 1. The Kier molecular flexibility index (Phi) is 4.94. The molecule has 130 valence electrons. The summed E-state index contributed by atoms with van der Waals surface area (Å²) in [6, 6.07) is 3.37. The van der Waals surface area contributed by atoms with Crippen molar-refractivity contribution in [1.82, 2.24) is 15.0 Å². The van der Waals surface area contributed by atoms with Gasteiger partial charge in [0, 0.05) is 0 Å². The molecule has 0 aliphatic heterocycles. The predicted molar refractivity (Wildman–Crippen MR) is 87.6 cm³/mol. The molecule has 2 rings (SSSR count). The van der Waals surface area contributed by atoms with Crippen molar-refractivity contribution in [2.45, 2.75) is 11.8 Å². The topological polar surface area (TPSA) is 151 Å². The molecule has 1 heterocycles. The van der Waals surface area contributed by atoms with Gasteiger partial charge in [-0.25, -0.2) is 13.4 Å². The minimum atomic E-state index is -4.58. The zero-order valence-electron chi connectivity index (χ0n) is 12.3. The van der Waals surface area contributed by atoms with Crippen LogP contribution in [0.15, 0.2) is 23.1 Å². The molecule has 0 saturated heterocycles. The van der Waals surface area contributed by atoms with Gasteiger partial charge in [0.1, 0.15) is 10.7 Å². The number of rotatable bonds is 5. The number of nitrogens with zero attached hydrogens (tertiary/aromatic N) is 3. The zero-order chi connectivity index (χ0) is 18.1. The first-order valence-electron chi connectivity index (χ1n) is 6.18. The van der Waals surface area contributed by atoms with Crippen LogP contribution < -0.4 is 10.0 Å². The molecule has 0 aliphatic carbocycles. The monoisotopic (exact) mass is 393 g/mol. The van der Waals surface area contributed by atoms with Crippen LogP contribution in [-0.4, -0.2) is 42.6 Å². The fraction of sp³-hybridized carbons (Fsp3) is 0.182. The highest BCUT2D eigenvalue weighted by Gasteiger charge is 2.18. The molecule has 24 heavy (non-hydrogen) atoms. The number of hydrogen-bond acceptors (Lipinski definition) is 8. The van der Waals surface area contributed by atoms with E-state index in [2.05, 4.69) is 25.0 Å². The fourth-order valence-electron chi connectivity index (χ4n) is 1.76. The number of hydrogen-bond donors (Lipinski definition) is 3. The molecule has 0 amide bonds. The van der Waals surface area contributed by atoms with Crippen molar-refractivity contribution >= 4 is 49.1 Å². The summed E-state index contributed by atoms with van der Waals surface area (Å²) in [5, 5.41) is 2.44. The van der Waals surface area contributed by atoms with Crippen LogP contribution in [0.1, 0.15) is 5.82 Å². The van der Waals surface area contributed by atoms with E-state index in [9.17, 15) is 21.4 Å². The second-order valence-corrected chi connectivity index (χ2v) is 8.14. The highest BCUT2D eigenvalue weighted by molar-refractivity contribution is 7.92. The molecule has 0 spiro atoms. The summed E-state index contributed by atoms with van der Waals surface area (Å²) in [5.41, 5.74) is -0.0721. The molecule has 10 nitrogen and oxygen atoms in total. The summed E-state index contributed by atoms with van der Waals surface area (Å²) in [6.45, 7) is 1.55. The Balaban J connectivity index is 2.53. The fourth-order valence-corrected chi connectivity index (χ4v) is 3.14. The molecule has 1 aromatic heterocycles. The lowest BCUT2D eigenvalue weighted by Gasteiger charge is -2.12. The van der Waals surface area contributed by atoms with Gasteiger partial charge in [-0.3, -0.25) is 9.27 Å². The van der Waals surface area contributed by atoms with Crippen molar-refractivity contribution < 1.29 is 21.4 Å². The van der Waals surface area contributed by atoms with Gasteiger partial charge in [0.15, 0.2) is 0 Å². The summed E-state index contributed by atoms with van der Waals surface area (Å²) >= 11 is 5.70. The molecule has 13 heteroatoms. The summed E-state index contributed by atoms with van der Waals surface area (Å²) in [6.07, 6.45) is 0.936. The van der Waals surface area contributed by atoms with Gasteiger partial charge in [0.2, 0.25) is 21.3 Å². The number of anilines is 3. The van der Waals surface area contributed by atoms with Crippen molar-refractivity contribution in [3.8, 4) is 0 Å². The third-order valence-corrected chi connectivity index (χ3v) is 4.21. The van der Waals surface area contributed by atoms with Crippen molar-refractivity contribution in [2.24, 2.45) is 0 Å². The van der Waals surface area contributed by atoms with Crippen LogP contribution >= 0.6 is 11.6 Å². The van der Waals surface area contributed by atoms with E-state index < -0.39 is 25.0 Å². The van der Waals surface area contributed by atoms with E-state index in [0.29, 0.717) is 0 Å². The van der Waals surface area contributed by atoms with Gasteiger partial charge in [-0.15, -0.1) is 0 Å². The van der Waals surface area contributed by atoms with Crippen LogP contribution in [0.5, 0.6) is 0 Å². The van der Waals surface area contributed by atoms with Gasteiger partial charge in [-0.1, -0.05) is 0 Å². The van der Waals surface area contributed by atoms with Crippen LogP contribution in [0, 0.1) is 6.92 Å². The zero-order valence-corrected chi connectivity index (χ0v) is 14.7. The Labute approximate surface area is 143 Å². The van der Waals surface area contributed by atoms with Crippen LogP contribution in [-0.2, 0) is 20.1 Å². The van der Waals surface area contributed by atoms with E-state index in [-0.39, 0.29) is 28.4 Å². The predicted octanol–water partition coefficient (Wildman–Crippen LogP) is 1.20. The van der Waals surface area contributed by atoms with Gasteiger partial charge < -0.3 is 5.32 Å². The molecule has 0 radical (unpaired) electrons. The second kappa shape index (κ2) is 6.47. The van der Waals surface area contributed by atoms with E-state index in [1.165, 1.54) is 6.07 Å². The first kappa shape index (κ1) is 18.3. The Morgan fingerprint density at radius 2 is 1.79 bits per heavy atom. The first-order valence-corrected chi connectivity index (χ1v) is 9.89. The number of sulfonamides is 1. The average Bonchev–Trinajstić information content (AvgIpc) is 2.33. The average molecular weight is 394 g/mol. The number of aromatic nitrogens is 3. The van der Waals surface area contributed by atoms with Gasteiger partial charge >= 0.3 is 0 Å². The highest BCUT2D eigenvalue weighted by atomic mass is 35.5. The molecular weight excluding hydrogens is 382 g/mol. The summed E-state index contributed by atoms with van der Waals surface area (Å²) in [4.78, 5) is 11.0. The number of nitrogens with one attached hydrogen (secondary N) is 2. The lowest BCUT2D eigenvalue weighted by molar-refractivity contribution is 0.483. The normalized spacial score (nSPS) is 12.0. The summed E-state index contributed by atoms with van der Waals surface area (Å²) in [7, 11) is -8.16. The van der Waals surface area contributed by atoms with Gasteiger partial charge in [0.25, 0.3) is 10.1 Å². The van der Waals surface area contributed by atoms with Gasteiger partial charge in [-0.05, 0) is 36.7 Å². The molecule has 1 aromatic carbocycles. The minimum Gasteiger partial charge on any atom is -0.323 e. The SMILES string of the molecule is Cc1nc(Cl)nc(Nc2cc(NS(C)(=O)=O)ccc2S(=O)(=O)O)n1. The first-order chi connectivity index (χ1) is 10.9. The van der Waals surface area contributed by atoms with Crippen LogP contribution in [0.4, 0.5) is 17.3 Å². The quantitative estimate of drug-likeness (QED) is 0.636.